The Kier molecular flexibility index (Phi) is 2.15. The van der Waals surface area contributed by atoms with Gasteiger partial charge in [0.05, 0.1) is 5.56 Å². The number of thiophene rings is 1. The number of anilines is 1. The summed E-state index contributed by atoms with van der Waals surface area (Å²) in [6.07, 6.45) is -0.117. The highest BCUT2D eigenvalue weighted by atomic mass is 32.1. The zero-order chi connectivity index (χ0) is 11.0. The van der Waals surface area contributed by atoms with E-state index in [2.05, 4.69) is 10.6 Å². The average molecular weight is 230 g/mol. The number of fused-ring (bicyclic) bond motifs is 1. The Morgan fingerprint density at radius 2 is 2.00 bits per heavy atom. The second kappa shape index (κ2) is 3.64. The van der Waals surface area contributed by atoms with Crippen LogP contribution in [0, 0.1) is 0 Å². The van der Waals surface area contributed by atoms with Crippen molar-refractivity contribution < 1.29 is 4.79 Å². The van der Waals surface area contributed by atoms with Crippen molar-refractivity contribution in [3.05, 3.63) is 52.2 Å². The van der Waals surface area contributed by atoms with Gasteiger partial charge in [0.1, 0.15) is 6.17 Å². The maximum absolute atomic E-state index is 11.8. The molecular formula is C12H10N2OS. The lowest BCUT2D eigenvalue weighted by atomic mass is 10.1. The number of carbonyl (C=O) groups excluding carboxylic acids is 1. The van der Waals surface area contributed by atoms with Crippen molar-refractivity contribution in [1.82, 2.24) is 5.32 Å². The molecule has 2 N–H and O–H groups in total. The molecule has 0 spiro atoms. The number of hydrogen-bond acceptors (Lipinski definition) is 3. The van der Waals surface area contributed by atoms with Crippen molar-refractivity contribution in [2.75, 3.05) is 5.32 Å². The maximum Gasteiger partial charge on any atom is 0.255 e. The van der Waals surface area contributed by atoms with Crippen LogP contribution in [-0.4, -0.2) is 5.91 Å². The van der Waals surface area contributed by atoms with Crippen LogP contribution in [0.5, 0.6) is 0 Å². The first-order chi connectivity index (χ1) is 7.84. The molecule has 1 aromatic carbocycles. The van der Waals surface area contributed by atoms with Gasteiger partial charge in [0, 0.05) is 11.3 Å². The van der Waals surface area contributed by atoms with Gasteiger partial charge >= 0.3 is 0 Å². The van der Waals surface area contributed by atoms with Crippen LogP contribution in [0.4, 0.5) is 5.69 Å². The summed E-state index contributed by atoms with van der Waals surface area (Å²) in [6.45, 7) is 0. The predicted molar refractivity (Wildman–Crippen MR) is 64.6 cm³/mol. The molecule has 2 heterocycles. The summed E-state index contributed by atoms with van der Waals surface area (Å²) in [7, 11) is 0. The summed E-state index contributed by atoms with van der Waals surface area (Å²) in [6, 6.07) is 9.55. The number of nitrogens with one attached hydrogen (secondary N) is 2. The predicted octanol–water partition coefficient (Wildman–Crippen LogP) is 2.60. The summed E-state index contributed by atoms with van der Waals surface area (Å²) in [5.41, 5.74) is 2.68. The molecule has 3 rings (SSSR count). The van der Waals surface area contributed by atoms with Gasteiger partial charge in [-0.15, -0.1) is 0 Å². The molecule has 16 heavy (non-hydrogen) atoms. The largest absolute Gasteiger partial charge is 0.361 e. The van der Waals surface area contributed by atoms with Crippen LogP contribution in [0.25, 0.3) is 0 Å². The Labute approximate surface area is 97.1 Å². The minimum Gasteiger partial charge on any atom is -0.361 e. The average Bonchev–Trinajstić information content (AvgIpc) is 2.82. The van der Waals surface area contributed by atoms with Gasteiger partial charge in [-0.3, -0.25) is 4.79 Å². The van der Waals surface area contributed by atoms with E-state index >= 15 is 0 Å². The Balaban J connectivity index is 1.98. The number of para-hydroxylation sites is 1. The van der Waals surface area contributed by atoms with Crippen molar-refractivity contribution in [2.45, 2.75) is 6.17 Å². The third-order valence-electron chi connectivity index (χ3n) is 2.62. The van der Waals surface area contributed by atoms with E-state index in [-0.39, 0.29) is 12.1 Å². The first-order valence-corrected chi connectivity index (χ1v) is 5.97. The second-order valence-electron chi connectivity index (χ2n) is 3.65. The monoisotopic (exact) mass is 230 g/mol. The molecule has 1 atom stereocenters. The summed E-state index contributed by atoms with van der Waals surface area (Å²) in [5, 5.41) is 10.3. The van der Waals surface area contributed by atoms with Crippen LogP contribution in [0.1, 0.15) is 22.1 Å². The Hall–Kier alpha value is -1.81. The molecular weight excluding hydrogens is 220 g/mol. The molecule has 0 saturated carbocycles. The first-order valence-electron chi connectivity index (χ1n) is 5.03. The minimum atomic E-state index is -0.117. The normalized spacial score (nSPS) is 18.5. The first kappa shape index (κ1) is 9.42. The Morgan fingerprint density at radius 1 is 1.12 bits per heavy atom. The van der Waals surface area contributed by atoms with Gasteiger partial charge in [0.15, 0.2) is 0 Å². The van der Waals surface area contributed by atoms with Crippen LogP contribution in [0.3, 0.4) is 0 Å². The third kappa shape index (κ3) is 1.47. The van der Waals surface area contributed by atoms with Gasteiger partial charge < -0.3 is 10.6 Å². The molecule has 3 nitrogen and oxygen atoms in total. The lowest BCUT2D eigenvalue weighted by Crippen LogP contribution is -2.38. The number of rotatable bonds is 1. The minimum absolute atomic E-state index is 0.0226. The molecule has 0 saturated heterocycles. The number of carbonyl (C=O) groups is 1. The zero-order valence-electron chi connectivity index (χ0n) is 8.44. The highest BCUT2D eigenvalue weighted by Gasteiger charge is 2.23. The SMILES string of the molecule is O=C1N[C@H](c2ccsc2)Nc2ccccc21. The summed E-state index contributed by atoms with van der Waals surface area (Å²) in [4.78, 5) is 11.8. The van der Waals surface area contributed by atoms with Crippen LogP contribution in [0.15, 0.2) is 41.1 Å². The van der Waals surface area contributed by atoms with Crippen LogP contribution >= 0.6 is 11.3 Å². The summed E-state index contributed by atoms with van der Waals surface area (Å²) in [5.74, 6) is -0.0226. The molecule has 1 aliphatic rings. The maximum atomic E-state index is 11.8. The fourth-order valence-electron chi connectivity index (χ4n) is 1.81. The van der Waals surface area contributed by atoms with Crippen molar-refractivity contribution >= 4 is 22.9 Å². The van der Waals surface area contributed by atoms with Crippen molar-refractivity contribution in [1.29, 1.82) is 0 Å². The zero-order valence-corrected chi connectivity index (χ0v) is 9.25. The second-order valence-corrected chi connectivity index (χ2v) is 4.43. The topological polar surface area (TPSA) is 41.1 Å². The third-order valence-corrected chi connectivity index (χ3v) is 3.32. The Bertz CT molecular complexity index is 522. The fourth-order valence-corrected chi connectivity index (χ4v) is 2.50. The quantitative estimate of drug-likeness (QED) is 0.790. The molecule has 80 valence electrons. The van der Waals surface area contributed by atoms with Crippen molar-refractivity contribution in [3.63, 3.8) is 0 Å². The highest BCUT2D eigenvalue weighted by Crippen LogP contribution is 2.26. The summed E-state index contributed by atoms with van der Waals surface area (Å²) >= 11 is 1.62. The van der Waals surface area contributed by atoms with E-state index < -0.39 is 0 Å². The van der Waals surface area contributed by atoms with E-state index in [1.165, 1.54) is 0 Å². The molecule has 1 aromatic heterocycles. The molecule has 0 fully saturated rings. The lowest BCUT2D eigenvalue weighted by Gasteiger charge is -2.27. The summed E-state index contributed by atoms with van der Waals surface area (Å²) < 4.78 is 0. The van der Waals surface area contributed by atoms with Gasteiger partial charge in [0.25, 0.3) is 5.91 Å². The standard InChI is InChI=1S/C12H10N2OS/c15-12-9-3-1-2-4-10(9)13-11(14-12)8-5-6-16-7-8/h1-7,11,13H,(H,14,15)/t11-/m1/s1. The van der Waals surface area contributed by atoms with Gasteiger partial charge in [0.2, 0.25) is 0 Å². The van der Waals surface area contributed by atoms with Gasteiger partial charge in [-0.25, -0.2) is 0 Å². The molecule has 2 aromatic rings. The molecule has 4 heteroatoms. The molecule has 0 radical (unpaired) electrons. The van der Waals surface area contributed by atoms with E-state index in [1.807, 2.05) is 41.1 Å². The number of hydrogen-bond donors (Lipinski definition) is 2. The van der Waals surface area contributed by atoms with Crippen LogP contribution in [-0.2, 0) is 0 Å². The van der Waals surface area contributed by atoms with E-state index in [4.69, 9.17) is 0 Å². The molecule has 0 bridgehead atoms. The smallest absolute Gasteiger partial charge is 0.255 e. The fraction of sp³-hybridized carbons (Fsp3) is 0.0833. The van der Waals surface area contributed by atoms with Crippen LogP contribution in [0.2, 0.25) is 0 Å². The molecule has 1 amide bonds. The van der Waals surface area contributed by atoms with Crippen molar-refractivity contribution in [2.24, 2.45) is 0 Å². The number of benzene rings is 1. The highest BCUT2D eigenvalue weighted by molar-refractivity contribution is 7.08. The molecule has 0 unspecified atom stereocenters. The Morgan fingerprint density at radius 3 is 2.81 bits per heavy atom. The van der Waals surface area contributed by atoms with E-state index in [9.17, 15) is 4.79 Å². The van der Waals surface area contributed by atoms with E-state index in [0.717, 1.165) is 11.3 Å². The van der Waals surface area contributed by atoms with Crippen LogP contribution < -0.4 is 10.6 Å². The van der Waals surface area contributed by atoms with E-state index in [0.29, 0.717) is 5.56 Å². The molecule has 1 aliphatic heterocycles. The molecule has 0 aliphatic carbocycles. The van der Waals surface area contributed by atoms with Gasteiger partial charge in [-0.05, 0) is 29.0 Å². The van der Waals surface area contributed by atoms with E-state index in [1.54, 1.807) is 11.3 Å². The number of amides is 1. The lowest BCUT2D eigenvalue weighted by molar-refractivity contribution is 0.0936. The van der Waals surface area contributed by atoms with Gasteiger partial charge in [-0.1, -0.05) is 12.1 Å². The van der Waals surface area contributed by atoms with Gasteiger partial charge in [-0.2, -0.15) is 11.3 Å². The van der Waals surface area contributed by atoms with Crippen molar-refractivity contribution in [3.8, 4) is 0 Å².